The van der Waals surface area contributed by atoms with Crippen molar-refractivity contribution in [2.45, 2.75) is 45.6 Å². The van der Waals surface area contributed by atoms with Gasteiger partial charge in [0.05, 0.1) is 4.92 Å². The van der Waals surface area contributed by atoms with Crippen LogP contribution in [0.1, 0.15) is 49.0 Å². The van der Waals surface area contributed by atoms with Crippen LogP contribution in [-0.4, -0.2) is 41.4 Å². The fraction of sp³-hybridized carbons (Fsp3) is 0.588. The lowest BCUT2D eigenvalue weighted by Crippen LogP contribution is -2.46. The van der Waals surface area contributed by atoms with Crippen molar-refractivity contribution >= 4 is 24.0 Å². The van der Waals surface area contributed by atoms with E-state index in [0.717, 1.165) is 32.4 Å². The highest BCUT2D eigenvalue weighted by Crippen LogP contribution is 2.23. The van der Waals surface area contributed by atoms with Crippen molar-refractivity contribution in [3.05, 3.63) is 39.4 Å². The Morgan fingerprint density at radius 2 is 2.00 bits per heavy atom. The maximum absolute atomic E-state index is 12.9. The maximum Gasteiger partial charge on any atom is 0.273 e. The van der Waals surface area contributed by atoms with Crippen LogP contribution in [0.15, 0.2) is 18.2 Å². The molecule has 2 rings (SSSR count). The first-order valence-electron chi connectivity index (χ1n) is 8.37. The number of nitrogens with zero attached hydrogens (tertiary/aromatic N) is 2. The minimum Gasteiger partial charge on any atom is -0.336 e. The Kier molecular flexibility index (Phi) is 8.15. The summed E-state index contributed by atoms with van der Waals surface area (Å²) < 4.78 is 0. The van der Waals surface area contributed by atoms with E-state index in [1.807, 2.05) is 18.7 Å². The SMILES string of the molecule is CCCN(C(=O)c1ccc(CC)c([N+](=O)[O-])c1)C1CCNCC1.Cl. The number of nitro groups is 1. The highest BCUT2D eigenvalue weighted by Gasteiger charge is 2.27. The Balaban J connectivity index is 0.00000288. The van der Waals surface area contributed by atoms with Gasteiger partial charge in [-0.2, -0.15) is 0 Å². The molecule has 0 unspecified atom stereocenters. The third-order valence-corrected chi connectivity index (χ3v) is 4.38. The van der Waals surface area contributed by atoms with E-state index in [4.69, 9.17) is 0 Å². The molecule has 1 aromatic rings. The van der Waals surface area contributed by atoms with E-state index in [-0.39, 0.29) is 30.0 Å². The highest BCUT2D eigenvalue weighted by molar-refractivity contribution is 5.95. The van der Waals surface area contributed by atoms with Crippen LogP contribution in [0.4, 0.5) is 5.69 Å². The topological polar surface area (TPSA) is 75.5 Å². The Labute approximate surface area is 149 Å². The summed E-state index contributed by atoms with van der Waals surface area (Å²) in [6, 6.07) is 5.08. The molecular weight excluding hydrogens is 330 g/mol. The number of hydrogen-bond donors (Lipinski definition) is 1. The lowest BCUT2D eigenvalue weighted by Gasteiger charge is -2.34. The average molecular weight is 356 g/mol. The van der Waals surface area contributed by atoms with Gasteiger partial charge in [0.15, 0.2) is 0 Å². The number of carbonyl (C=O) groups excluding carboxylic acids is 1. The summed E-state index contributed by atoms with van der Waals surface area (Å²) in [5, 5.41) is 14.5. The number of rotatable bonds is 6. The number of aryl methyl sites for hydroxylation is 1. The fourth-order valence-corrected chi connectivity index (χ4v) is 3.14. The predicted molar refractivity (Wildman–Crippen MR) is 96.9 cm³/mol. The van der Waals surface area contributed by atoms with Gasteiger partial charge in [-0.05, 0) is 44.8 Å². The molecule has 0 saturated carbocycles. The van der Waals surface area contributed by atoms with Gasteiger partial charge in [-0.25, -0.2) is 0 Å². The van der Waals surface area contributed by atoms with Crippen molar-refractivity contribution in [1.82, 2.24) is 10.2 Å². The van der Waals surface area contributed by atoms with E-state index in [0.29, 0.717) is 24.1 Å². The quantitative estimate of drug-likeness (QED) is 0.628. The zero-order chi connectivity index (χ0) is 16.8. The molecule has 1 fully saturated rings. The lowest BCUT2D eigenvalue weighted by molar-refractivity contribution is -0.385. The largest absolute Gasteiger partial charge is 0.336 e. The number of nitrogens with one attached hydrogen (secondary N) is 1. The van der Waals surface area contributed by atoms with Gasteiger partial charge in [-0.15, -0.1) is 12.4 Å². The average Bonchev–Trinajstić information content (AvgIpc) is 2.59. The van der Waals surface area contributed by atoms with Gasteiger partial charge in [0.25, 0.3) is 11.6 Å². The predicted octanol–water partition coefficient (Wildman–Crippen LogP) is 3.18. The van der Waals surface area contributed by atoms with Crippen LogP contribution in [0.3, 0.4) is 0 Å². The Bertz CT molecular complexity index is 574. The van der Waals surface area contributed by atoms with E-state index >= 15 is 0 Å². The van der Waals surface area contributed by atoms with Crippen LogP contribution in [0, 0.1) is 10.1 Å². The molecule has 0 bridgehead atoms. The molecule has 1 saturated heterocycles. The van der Waals surface area contributed by atoms with Crippen LogP contribution >= 0.6 is 12.4 Å². The van der Waals surface area contributed by atoms with Crippen molar-refractivity contribution in [3.8, 4) is 0 Å². The molecule has 0 spiro atoms. The molecular formula is C17H26ClN3O3. The van der Waals surface area contributed by atoms with Crippen molar-refractivity contribution in [3.63, 3.8) is 0 Å². The molecule has 1 N–H and O–H groups in total. The van der Waals surface area contributed by atoms with Crippen molar-refractivity contribution in [2.75, 3.05) is 19.6 Å². The fourth-order valence-electron chi connectivity index (χ4n) is 3.14. The van der Waals surface area contributed by atoms with Gasteiger partial charge in [-0.1, -0.05) is 19.9 Å². The lowest BCUT2D eigenvalue weighted by atomic mass is 10.0. The second kappa shape index (κ2) is 9.59. The first kappa shape index (κ1) is 20.4. The summed E-state index contributed by atoms with van der Waals surface area (Å²) in [6.07, 6.45) is 3.32. The zero-order valence-electron chi connectivity index (χ0n) is 14.3. The summed E-state index contributed by atoms with van der Waals surface area (Å²) in [5.74, 6) is -0.0931. The second-order valence-corrected chi connectivity index (χ2v) is 5.93. The summed E-state index contributed by atoms with van der Waals surface area (Å²) >= 11 is 0. The number of hydrogen-bond acceptors (Lipinski definition) is 4. The van der Waals surface area contributed by atoms with E-state index in [1.54, 1.807) is 12.1 Å². The third-order valence-electron chi connectivity index (χ3n) is 4.38. The van der Waals surface area contributed by atoms with E-state index in [9.17, 15) is 14.9 Å². The number of piperidine rings is 1. The molecule has 1 aliphatic rings. The van der Waals surface area contributed by atoms with Gasteiger partial charge in [0.2, 0.25) is 0 Å². The summed E-state index contributed by atoms with van der Waals surface area (Å²) in [6.45, 7) is 6.43. The monoisotopic (exact) mass is 355 g/mol. The first-order valence-corrected chi connectivity index (χ1v) is 8.37. The van der Waals surface area contributed by atoms with Crippen LogP contribution in [0.25, 0.3) is 0 Å². The van der Waals surface area contributed by atoms with Crippen LogP contribution in [0.2, 0.25) is 0 Å². The van der Waals surface area contributed by atoms with E-state index in [2.05, 4.69) is 5.32 Å². The molecule has 134 valence electrons. The van der Waals surface area contributed by atoms with Crippen molar-refractivity contribution in [2.24, 2.45) is 0 Å². The van der Waals surface area contributed by atoms with Gasteiger partial charge in [0, 0.05) is 29.8 Å². The molecule has 1 heterocycles. The van der Waals surface area contributed by atoms with Crippen LogP contribution < -0.4 is 5.32 Å². The smallest absolute Gasteiger partial charge is 0.273 e. The first-order chi connectivity index (χ1) is 11.1. The molecule has 0 aliphatic carbocycles. The summed E-state index contributed by atoms with van der Waals surface area (Å²) in [5.41, 5.74) is 1.12. The number of nitro benzene ring substituents is 1. The Morgan fingerprint density at radius 3 is 2.54 bits per heavy atom. The van der Waals surface area contributed by atoms with E-state index in [1.165, 1.54) is 6.07 Å². The molecule has 7 heteroatoms. The number of carbonyl (C=O) groups is 1. The highest BCUT2D eigenvalue weighted by atomic mass is 35.5. The van der Waals surface area contributed by atoms with Gasteiger partial charge in [0.1, 0.15) is 0 Å². The maximum atomic E-state index is 12.9. The number of halogens is 1. The standard InChI is InChI=1S/C17H25N3O3.ClH/c1-3-11-19(15-7-9-18-10-8-15)17(21)14-6-5-13(4-2)16(12-14)20(22)23;/h5-6,12,15,18H,3-4,7-11H2,1-2H3;1H. The second-order valence-electron chi connectivity index (χ2n) is 5.93. The van der Waals surface area contributed by atoms with Crippen LogP contribution in [-0.2, 0) is 6.42 Å². The van der Waals surface area contributed by atoms with Gasteiger partial charge < -0.3 is 10.2 Å². The Morgan fingerprint density at radius 1 is 1.33 bits per heavy atom. The minimum absolute atomic E-state index is 0. The number of benzene rings is 1. The summed E-state index contributed by atoms with van der Waals surface area (Å²) in [4.78, 5) is 25.6. The Hall–Kier alpha value is -1.66. The minimum atomic E-state index is -0.399. The molecule has 1 amide bonds. The van der Waals surface area contributed by atoms with Crippen LogP contribution in [0.5, 0.6) is 0 Å². The molecule has 24 heavy (non-hydrogen) atoms. The third kappa shape index (κ3) is 4.68. The normalized spacial score (nSPS) is 14.8. The zero-order valence-corrected chi connectivity index (χ0v) is 15.1. The van der Waals surface area contributed by atoms with Gasteiger partial charge in [-0.3, -0.25) is 14.9 Å². The molecule has 1 aliphatic heterocycles. The molecule has 0 aromatic heterocycles. The molecule has 1 aromatic carbocycles. The van der Waals surface area contributed by atoms with E-state index < -0.39 is 4.92 Å². The summed E-state index contributed by atoms with van der Waals surface area (Å²) in [7, 11) is 0. The number of amides is 1. The molecule has 0 atom stereocenters. The molecule has 6 nitrogen and oxygen atoms in total. The van der Waals surface area contributed by atoms with Crippen molar-refractivity contribution in [1.29, 1.82) is 0 Å². The van der Waals surface area contributed by atoms with Gasteiger partial charge >= 0.3 is 0 Å². The molecule has 0 radical (unpaired) electrons. The van der Waals surface area contributed by atoms with Crippen molar-refractivity contribution < 1.29 is 9.72 Å².